The Hall–Kier alpha value is -4.97. The first-order chi connectivity index (χ1) is 20.4. The van der Waals surface area contributed by atoms with Gasteiger partial charge in [0.1, 0.15) is 23.0 Å². The Kier molecular flexibility index (Phi) is 5.91. The van der Waals surface area contributed by atoms with Crippen LogP contribution in [0.2, 0.25) is 0 Å². The molecule has 0 amide bonds. The topological polar surface area (TPSA) is 72.9 Å². The van der Waals surface area contributed by atoms with Crippen molar-refractivity contribution in [3.63, 3.8) is 0 Å². The Morgan fingerprint density at radius 1 is 0.810 bits per heavy atom. The number of benzene rings is 4. The molecule has 0 N–H and O–H groups in total. The first-order valence-electron chi connectivity index (χ1n) is 14.0. The van der Waals surface area contributed by atoms with Crippen molar-refractivity contribution in [3.8, 4) is 11.5 Å². The molecule has 7 rings (SSSR count). The lowest BCUT2D eigenvalue weighted by Gasteiger charge is -2.37. The normalized spacial score (nSPS) is 21.2. The van der Waals surface area contributed by atoms with Gasteiger partial charge in [-0.3, -0.25) is 14.4 Å². The van der Waals surface area contributed by atoms with E-state index in [9.17, 15) is 14.4 Å². The van der Waals surface area contributed by atoms with Crippen molar-refractivity contribution in [1.29, 1.82) is 0 Å². The summed E-state index contributed by atoms with van der Waals surface area (Å²) < 4.78 is 11.4. The van der Waals surface area contributed by atoms with Gasteiger partial charge < -0.3 is 14.4 Å². The summed E-state index contributed by atoms with van der Waals surface area (Å²) in [4.78, 5) is 46.4. The van der Waals surface area contributed by atoms with Crippen molar-refractivity contribution < 1.29 is 23.9 Å². The number of rotatable bonds is 5. The third-order valence-corrected chi connectivity index (χ3v) is 9.06. The van der Waals surface area contributed by atoms with Crippen LogP contribution in [0.5, 0.6) is 11.5 Å². The van der Waals surface area contributed by atoms with Crippen molar-refractivity contribution in [1.82, 2.24) is 0 Å². The molecule has 2 aliphatic heterocycles. The minimum absolute atomic E-state index is 0.168. The quantitative estimate of drug-likeness (QED) is 0.212. The van der Waals surface area contributed by atoms with E-state index in [0.29, 0.717) is 33.8 Å². The molecule has 0 saturated carbocycles. The molecule has 2 heterocycles. The van der Waals surface area contributed by atoms with Gasteiger partial charge in [0.05, 0.1) is 20.3 Å². The molecule has 4 aromatic carbocycles. The Morgan fingerprint density at radius 3 is 2.17 bits per heavy atom. The van der Waals surface area contributed by atoms with Crippen molar-refractivity contribution in [2.75, 3.05) is 19.1 Å². The number of hydrogen-bond acceptors (Lipinski definition) is 6. The number of carbonyl (C=O) groups is 3. The first-order valence-corrected chi connectivity index (χ1v) is 14.0. The maximum absolute atomic E-state index is 14.8. The number of ketones is 3. The smallest absolute Gasteiger partial charge is 0.185 e. The van der Waals surface area contributed by atoms with Crippen molar-refractivity contribution in [2.45, 2.75) is 24.9 Å². The number of nitrogens with zero attached hydrogens (tertiary/aromatic N) is 1. The van der Waals surface area contributed by atoms with Gasteiger partial charge in [-0.2, -0.15) is 0 Å². The average molecular weight is 556 g/mol. The molecule has 0 bridgehead atoms. The Bertz CT molecular complexity index is 1770. The van der Waals surface area contributed by atoms with Crippen LogP contribution in [0.3, 0.4) is 0 Å². The first kappa shape index (κ1) is 26.0. The zero-order valence-corrected chi connectivity index (χ0v) is 23.5. The predicted molar refractivity (Wildman–Crippen MR) is 161 cm³/mol. The molecule has 42 heavy (non-hydrogen) atoms. The van der Waals surface area contributed by atoms with Gasteiger partial charge in [-0.05, 0) is 30.7 Å². The van der Waals surface area contributed by atoms with Crippen LogP contribution in [-0.4, -0.2) is 43.7 Å². The molecular formula is C36H29NO5. The lowest BCUT2D eigenvalue weighted by Crippen LogP contribution is -2.48. The van der Waals surface area contributed by atoms with Gasteiger partial charge >= 0.3 is 0 Å². The van der Waals surface area contributed by atoms with E-state index in [0.717, 1.165) is 16.8 Å². The molecule has 208 valence electrons. The molecule has 1 saturated heterocycles. The van der Waals surface area contributed by atoms with Gasteiger partial charge in [-0.25, -0.2) is 0 Å². The van der Waals surface area contributed by atoms with E-state index in [2.05, 4.69) is 6.07 Å². The van der Waals surface area contributed by atoms with Crippen LogP contribution in [0.15, 0.2) is 97.1 Å². The SMILES string of the molecule is COc1ccc([C@H]2[C@H](C(=O)c3ccccc3)N3c4ccc(C)cc4C=C[C@H]3C23C(=O)c2ccccc2C3=O)c(OC)c1. The lowest BCUT2D eigenvalue weighted by molar-refractivity contribution is 0.0665. The van der Waals surface area contributed by atoms with Crippen LogP contribution < -0.4 is 14.4 Å². The summed E-state index contributed by atoms with van der Waals surface area (Å²) in [5, 5.41) is 0. The molecule has 3 aliphatic rings. The van der Waals surface area contributed by atoms with Crippen LogP contribution in [0.25, 0.3) is 6.08 Å². The maximum Gasteiger partial charge on any atom is 0.185 e. The van der Waals surface area contributed by atoms with E-state index >= 15 is 0 Å². The van der Waals surface area contributed by atoms with Crippen molar-refractivity contribution >= 4 is 29.1 Å². The Morgan fingerprint density at radius 2 is 1.50 bits per heavy atom. The molecule has 1 fully saturated rings. The van der Waals surface area contributed by atoms with E-state index < -0.39 is 23.4 Å². The van der Waals surface area contributed by atoms with Crippen molar-refractivity contribution in [2.24, 2.45) is 5.41 Å². The van der Waals surface area contributed by atoms with Gasteiger partial charge in [0.25, 0.3) is 0 Å². The molecule has 4 aromatic rings. The summed E-state index contributed by atoms with van der Waals surface area (Å²) in [6.45, 7) is 2.02. The third-order valence-electron chi connectivity index (χ3n) is 9.06. The summed E-state index contributed by atoms with van der Waals surface area (Å²) in [5.41, 5.74) is 3.11. The van der Waals surface area contributed by atoms with E-state index in [1.807, 2.05) is 60.4 Å². The fourth-order valence-electron chi connectivity index (χ4n) is 7.29. The summed E-state index contributed by atoms with van der Waals surface area (Å²) in [7, 11) is 3.12. The highest BCUT2D eigenvalue weighted by atomic mass is 16.5. The molecule has 1 spiro atoms. The fraction of sp³-hybridized carbons (Fsp3) is 0.194. The van der Waals surface area contributed by atoms with Gasteiger partial charge in [0, 0.05) is 39.9 Å². The van der Waals surface area contributed by atoms with Gasteiger partial charge in [0.2, 0.25) is 0 Å². The average Bonchev–Trinajstić information content (AvgIpc) is 3.46. The van der Waals surface area contributed by atoms with Crippen LogP contribution in [0.4, 0.5) is 5.69 Å². The third kappa shape index (κ3) is 3.41. The Labute approximate surface area is 244 Å². The van der Waals surface area contributed by atoms with Crippen LogP contribution >= 0.6 is 0 Å². The molecular weight excluding hydrogens is 526 g/mol. The number of methoxy groups -OCH3 is 2. The zero-order chi connectivity index (χ0) is 29.2. The van der Waals surface area contributed by atoms with E-state index in [4.69, 9.17) is 9.47 Å². The zero-order valence-electron chi connectivity index (χ0n) is 23.5. The second kappa shape index (κ2) is 9.55. The minimum atomic E-state index is -1.60. The van der Waals surface area contributed by atoms with Gasteiger partial charge in [-0.15, -0.1) is 0 Å². The minimum Gasteiger partial charge on any atom is -0.497 e. The van der Waals surface area contributed by atoms with Gasteiger partial charge in [-0.1, -0.05) is 84.4 Å². The largest absolute Gasteiger partial charge is 0.497 e. The summed E-state index contributed by atoms with van der Waals surface area (Å²) in [6, 6.07) is 25.9. The summed E-state index contributed by atoms with van der Waals surface area (Å²) in [5.74, 6) is -0.554. The van der Waals surface area contributed by atoms with Crippen molar-refractivity contribution in [3.05, 3.63) is 130 Å². The molecule has 6 heteroatoms. The number of anilines is 1. The number of carbonyl (C=O) groups excluding carboxylic acids is 3. The number of fused-ring (bicyclic) bond motifs is 5. The van der Waals surface area contributed by atoms with Crippen LogP contribution in [0.1, 0.15) is 53.7 Å². The molecule has 0 radical (unpaired) electrons. The second-order valence-electron chi connectivity index (χ2n) is 11.1. The lowest BCUT2D eigenvalue weighted by atomic mass is 9.64. The maximum atomic E-state index is 14.8. The summed E-state index contributed by atoms with van der Waals surface area (Å²) in [6.07, 6.45) is 3.91. The predicted octanol–water partition coefficient (Wildman–Crippen LogP) is 6.33. The second-order valence-corrected chi connectivity index (χ2v) is 11.1. The number of Topliss-reactive ketones (excluding diaryl/α,β-unsaturated/α-hetero) is 3. The molecule has 1 aliphatic carbocycles. The number of hydrogen-bond donors (Lipinski definition) is 0. The van der Waals surface area contributed by atoms with E-state index in [1.54, 1.807) is 62.8 Å². The monoisotopic (exact) mass is 555 g/mol. The van der Waals surface area contributed by atoms with Crippen LogP contribution in [-0.2, 0) is 0 Å². The van der Waals surface area contributed by atoms with E-state index in [1.165, 1.54) is 0 Å². The number of aryl methyl sites for hydroxylation is 1. The molecule has 3 atom stereocenters. The van der Waals surface area contributed by atoms with E-state index in [-0.39, 0.29) is 17.3 Å². The Balaban J connectivity index is 1.57. The molecule has 0 unspecified atom stereocenters. The summed E-state index contributed by atoms with van der Waals surface area (Å²) >= 11 is 0. The van der Waals surface area contributed by atoms with Crippen LogP contribution in [0, 0.1) is 12.3 Å². The highest BCUT2D eigenvalue weighted by Gasteiger charge is 2.72. The number of ether oxygens (including phenoxy) is 2. The highest BCUT2D eigenvalue weighted by Crippen LogP contribution is 2.62. The fourth-order valence-corrected chi connectivity index (χ4v) is 7.29. The van der Waals surface area contributed by atoms with Gasteiger partial charge in [0.15, 0.2) is 17.3 Å². The standard InChI is InChI=1S/C36H29NO5/c1-21-13-17-28-23(19-21)14-18-30-36(34(39)25-11-7-8-12-26(25)35(36)40)31(27-16-15-24(41-2)20-29(27)42-3)32(37(28)30)33(38)22-9-5-4-6-10-22/h4-20,30-32H,1-3H3/t30-,31-,32+/m0/s1. The molecule has 6 nitrogen and oxygen atoms in total. The molecule has 0 aromatic heterocycles. The highest BCUT2D eigenvalue weighted by molar-refractivity contribution is 6.32.